The highest BCUT2D eigenvalue weighted by Crippen LogP contribution is 2.29. The normalized spacial score (nSPS) is 17.2. The molecule has 0 bridgehead atoms. The number of carbonyl (C=O) groups excluding carboxylic acids is 2. The Kier molecular flexibility index (Phi) is 6.29. The van der Waals surface area contributed by atoms with E-state index in [1.165, 1.54) is 31.4 Å². The molecule has 0 unspecified atom stereocenters. The van der Waals surface area contributed by atoms with Crippen LogP contribution in [0.5, 0.6) is 5.75 Å². The summed E-state index contributed by atoms with van der Waals surface area (Å²) >= 11 is 0. The van der Waals surface area contributed by atoms with Gasteiger partial charge in [-0.25, -0.2) is 9.59 Å². The van der Waals surface area contributed by atoms with Crippen molar-refractivity contribution in [2.45, 2.75) is 19.6 Å². The summed E-state index contributed by atoms with van der Waals surface area (Å²) in [6, 6.07) is 4.39. The average Bonchev–Trinajstić information content (AvgIpc) is 2.54. The number of hydrogen-bond acceptors (Lipinski definition) is 5. The Hall–Kier alpha value is -2.68. The minimum atomic E-state index is -2.93. The third-order valence-corrected chi connectivity index (χ3v) is 3.45. The zero-order chi connectivity index (χ0) is 18.4. The van der Waals surface area contributed by atoms with Crippen LogP contribution in [0.25, 0.3) is 0 Å². The molecule has 1 aromatic carbocycles. The van der Waals surface area contributed by atoms with E-state index >= 15 is 0 Å². The van der Waals surface area contributed by atoms with Crippen LogP contribution in [0.15, 0.2) is 35.5 Å². The molecule has 7 nitrogen and oxygen atoms in total. The summed E-state index contributed by atoms with van der Waals surface area (Å²) in [6.07, 6.45) is 0. The fraction of sp³-hybridized carbons (Fsp3) is 0.375. The highest BCUT2D eigenvalue weighted by Gasteiger charge is 2.32. The molecule has 0 aliphatic carbocycles. The van der Waals surface area contributed by atoms with Crippen molar-refractivity contribution in [1.82, 2.24) is 10.6 Å². The molecule has 0 saturated heterocycles. The number of halogens is 2. The Morgan fingerprint density at radius 3 is 2.52 bits per heavy atom. The van der Waals surface area contributed by atoms with E-state index in [4.69, 9.17) is 9.47 Å². The van der Waals surface area contributed by atoms with Crippen LogP contribution in [0.1, 0.15) is 18.5 Å². The topological polar surface area (TPSA) is 85.9 Å². The summed E-state index contributed by atoms with van der Waals surface area (Å²) in [7, 11) is 1.48. The number of allylic oxidation sites excluding steroid dienone is 1. The molecule has 1 aliphatic heterocycles. The first kappa shape index (κ1) is 18.7. The van der Waals surface area contributed by atoms with Gasteiger partial charge in [-0.15, -0.1) is 0 Å². The lowest BCUT2D eigenvalue weighted by atomic mass is 9.95. The lowest BCUT2D eigenvalue weighted by Crippen LogP contribution is -2.45. The molecular weight excluding hydrogens is 338 g/mol. The maximum Gasteiger partial charge on any atom is 0.387 e. The third kappa shape index (κ3) is 4.90. The minimum Gasteiger partial charge on any atom is -0.460 e. The summed E-state index contributed by atoms with van der Waals surface area (Å²) in [5.41, 5.74) is 1.09. The smallest absolute Gasteiger partial charge is 0.387 e. The number of nitrogens with one attached hydrogen (secondary N) is 2. The standard InChI is InChI=1S/C16H18F2N2O5/c1-9-12(14(21)24-8-7-23-2)13(20-16(22)19-9)10-3-5-11(6-4-10)25-15(17)18/h3-6,13,15H,7-8H2,1-2H3,(H2,19,20,22)/t13-/m0/s1. The van der Waals surface area contributed by atoms with Gasteiger partial charge in [0.25, 0.3) is 0 Å². The van der Waals surface area contributed by atoms with Crippen LogP contribution < -0.4 is 15.4 Å². The molecule has 0 radical (unpaired) electrons. The van der Waals surface area contributed by atoms with Gasteiger partial charge in [0.1, 0.15) is 12.4 Å². The Bertz CT molecular complexity index is 661. The zero-order valence-corrected chi connectivity index (χ0v) is 13.7. The monoisotopic (exact) mass is 356 g/mol. The summed E-state index contributed by atoms with van der Waals surface area (Å²) in [4.78, 5) is 24.1. The number of carbonyl (C=O) groups is 2. The van der Waals surface area contributed by atoms with E-state index in [2.05, 4.69) is 15.4 Å². The molecular formula is C16H18F2N2O5. The van der Waals surface area contributed by atoms with Gasteiger partial charge in [-0.2, -0.15) is 8.78 Å². The van der Waals surface area contributed by atoms with Crippen molar-refractivity contribution >= 4 is 12.0 Å². The van der Waals surface area contributed by atoms with Gasteiger partial charge in [0.15, 0.2) is 0 Å². The van der Waals surface area contributed by atoms with Crippen LogP contribution in [0.4, 0.5) is 13.6 Å². The summed E-state index contributed by atoms with van der Waals surface area (Å²) in [5, 5.41) is 5.13. The van der Waals surface area contributed by atoms with Crippen molar-refractivity contribution in [3.8, 4) is 5.75 Å². The molecule has 2 amide bonds. The Balaban J connectivity index is 2.24. The molecule has 0 fully saturated rings. The van der Waals surface area contributed by atoms with Gasteiger partial charge in [0, 0.05) is 12.8 Å². The molecule has 1 atom stereocenters. The van der Waals surface area contributed by atoms with Crippen molar-refractivity contribution in [3.05, 3.63) is 41.1 Å². The number of urea groups is 1. The number of rotatable bonds is 7. The van der Waals surface area contributed by atoms with Gasteiger partial charge >= 0.3 is 18.6 Å². The van der Waals surface area contributed by atoms with Crippen LogP contribution in [0.2, 0.25) is 0 Å². The van der Waals surface area contributed by atoms with Crippen molar-refractivity contribution in [2.24, 2.45) is 0 Å². The molecule has 0 saturated carbocycles. The Morgan fingerprint density at radius 2 is 1.92 bits per heavy atom. The lowest BCUT2D eigenvalue weighted by molar-refractivity contribution is -0.140. The van der Waals surface area contributed by atoms with Gasteiger partial charge in [-0.1, -0.05) is 12.1 Å². The van der Waals surface area contributed by atoms with Gasteiger partial charge in [-0.3, -0.25) is 0 Å². The largest absolute Gasteiger partial charge is 0.460 e. The van der Waals surface area contributed by atoms with E-state index in [0.717, 1.165) is 0 Å². The SMILES string of the molecule is COCCOC(=O)C1=C(C)NC(=O)N[C@H]1c1ccc(OC(F)F)cc1. The Morgan fingerprint density at radius 1 is 1.24 bits per heavy atom. The predicted molar refractivity (Wildman–Crippen MR) is 83.0 cm³/mol. The maximum absolute atomic E-state index is 12.3. The van der Waals surface area contributed by atoms with Crippen molar-refractivity contribution in [2.75, 3.05) is 20.3 Å². The molecule has 1 heterocycles. The molecule has 2 N–H and O–H groups in total. The van der Waals surface area contributed by atoms with Gasteiger partial charge < -0.3 is 24.8 Å². The first-order chi connectivity index (χ1) is 11.9. The predicted octanol–water partition coefficient (Wildman–Crippen LogP) is 2.11. The number of amides is 2. The zero-order valence-electron chi connectivity index (χ0n) is 13.7. The van der Waals surface area contributed by atoms with E-state index < -0.39 is 24.7 Å². The number of methoxy groups -OCH3 is 1. The van der Waals surface area contributed by atoms with E-state index in [1.807, 2.05) is 0 Å². The highest BCUT2D eigenvalue weighted by atomic mass is 19.3. The van der Waals surface area contributed by atoms with Crippen LogP contribution in [-0.2, 0) is 14.3 Å². The van der Waals surface area contributed by atoms with Crippen molar-refractivity contribution in [1.29, 1.82) is 0 Å². The molecule has 1 aliphatic rings. The second-order valence-electron chi connectivity index (χ2n) is 5.15. The number of ether oxygens (including phenoxy) is 3. The van der Waals surface area contributed by atoms with Crippen LogP contribution in [0, 0.1) is 0 Å². The molecule has 136 valence electrons. The lowest BCUT2D eigenvalue weighted by Gasteiger charge is -2.28. The number of alkyl halides is 2. The molecule has 1 aromatic rings. The van der Waals surface area contributed by atoms with Crippen LogP contribution in [0.3, 0.4) is 0 Å². The van der Waals surface area contributed by atoms with E-state index in [0.29, 0.717) is 11.3 Å². The van der Waals surface area contributed by atoms with E-state index in [9.17, 15) is 18.4 Å². The van der Waals surface area contributed by atoms with Crippen LogP contribution >= 0.6 is 0 Å². The summed E-state index contributed by atoms with van der Waals surface area (Å²) in [5.74, 6) is -0.635. The quantitative estimate of drug-likeness (QED) is 0.577. The minimum absolute atomic E-state index is 0.0241. The average molecular weight is 356 g/mol. The number of hydrogen-bond donors (Lipinski definition) is 2. The Labute approximate surface area is 142 Å². The first-order valence-corrected chi connectivity index (χ1v) is 7.41. The first-order valence-electron chi connectivity index (χ1n) is 7.41. The van der Waals surface area contributed by atoms with E-state index in [-0.39, 0.29) is 24.5 Å². The van der Waals surface area contributed by atoms with Crippen molar-refractivity contribution < 1.29 is 32.6 Å². The third-order valence-electron chi connectivity index (χ3n) is 3.45. The molecule has 9 heteroatoms. The molecule has 2 rings (SSSR count). The summed E-state index contributed by atoms with van der Waals surface area (Å²) in [6.45, 7) is -1.05. The second-order valence-corrected chi connectivity index (χ2v) is 5.15. The summed E-state index contributed by atoms with van der Waals surface area (Å²) < 4.78 is 38.7. The highest BCUT2D eigenvalue weighted by molar-refractivity contribution is 5.95. The van der Waals surface area contributed by atoms with Gasteiger partial charge in [0.05, 0.1) is 18.2 Å². The second kappa shape index (κ2) is 8.43. The molecule has 25 heavy (non-hydrogen) atoms. The van der Waals surface area contributed by atoms with Crippen molar-refractivity contribution in [3.63, 3.8) is 0 Å². The number of esters is 1. The fourth-order valence-corrected chi connectivity index (χ4v) is 2.35. The molecule has 0 aromatic heterocycles. The van der Waals surface area contributed by atoms with Crippen LogP contribution in [-0.4, -0.2) is 38.9 Å². The van der Waals surface area contributed by atoms with E-state index in [1.54, 1.807) is 6.92 Å². The maximum atomic E-state index is 12.3. The number of benzene rings is 1. The molecule has 0 spiro atoms. The fourth-order valence-electron chi connectivity index (χ4n) is 2.35. The van der Waals surface area contributed by atoms with Gasteiger partial charge in [-0.05, 0) is 24.6 Å². The van der Waals surface area contributed by atoms with Gasteiger partial charge in [0.2, 0.25) is 0 Å².